The van der Waals surface area contributed by atoms with E-state index in [2.05, 4.69) is 5.32 Å². The first-order valence-corrected chi connectivity index (χ1v) is 9.69. The molecular formula is C20H27NO8. The van der Waals surface area contributed by atoms with Crippen LogP contribution >= 0.6 is 0 Å². The maximum absolute atomic E-state index is 11.8. The average molecular weight is 409 g/mol. The highest BCUT2D eigenvalue weighted by atomic mass is 16.7. The van der Waals surface area contributed by atoms with Crippen LogP contribution in [0.4, 0.5) is 0 Å². The van der Waals surface area contributed by atoms with Crippen LogP contribution < -0.4 is 5.32 Å². The van der Waals surface area contributed by atoms with Crippen molar-refractivity contribution in [3.8, 4) is 0 Å². The zero-order valence-electron chi connectivity index (χ0n) is 16.5. The summed E-state index contributed by atoms with van der Waals surface area (Å²) in [7, 11) is 0. The third-order valence-electron chi connectivity index (χ3n) is 4.74. The number of carbonyl (C=O) groups is 2. The summed E-state index contributed by atoms with van der Waals surface area (Å²) in [6.07, 6.45) is -3.26. The normalized spacial score (nSPS) is 31.7. The first-order valence-electron chi connectivity index (χ1n) is 9.69. The number of carbonyl (C=O) groups excluding carboxylic acids is 1. The van der Waals surface area contributed by atoms with Gasteiger partial charge in [-0.3, -0.25) is 9.59 Å². The summed E-state index contributed by atoms with van der Waals surface area (Å²) in [5, 5.41) is 11.8. The summed E-state index contributed by atoms with van der Waals surface area (Å²) in [5.74, 6) is -1.25. The molecular weight excluding hydrogens is 382 g/mol. The number of rotatable bonds is 8. The maximum Gasteiger partial charge on any atom is 0.305 e. The van der Waals surface area contributed by atoms with Crippen molar-refractivity contribution in [2.45, 2.75) is 57.2 Å². The van der Waals surface area contributed by atoms with Gasteiger partial charge in [0.2, 0.25) is 5.91 Å². The van der Waals surface area contributed by atoms with Crippen LogP contribution in [-0.4, -0.2) is 67.4 Å². The van der Waals surface area contributed by atoms with E-state index in [-0.39, 0.29) is 25.5 Å². The molecule has 29 heavy (non-hydrogen) atoms. The van der Waals surface area contributed by atoms with Gasteiger partial charge < -0.3 is 34.1 Å². The summed E-state index contributed by atoms with van der Waals surface area (Å²) >= 11 is 0. The fraction of sp³-hybridized carbons (Fsp3) is 0.600. The zero-order chi connectivity index (χ0) is 20.8. The first kappa shape index (κ1) is 21.7. The summed E-state index contributed by atoms with van der Waals surface area (Å²) in [6, 6.07) is 8.80. The van der Waals surface area contributed by atoms with Crippen molar-refractivity contribution in [2.24, 2.45) is 0 Å². The van der Waals surface area contributed by atoms with E-state index in [1.165, 1.54) is 6.92 Å². The molecule has 2 aliphatic heterocycles. The quantitative estimate of drug-likeness (QED) is 0.659. The minimum atomic E-state index is -0.971. The van der Waals surface area contributed by atoms with Crippen LogP contribution in [0, 0.1) is 0 Å². The Kier molecular flexibility index (Phi) is 7.57. The number of hydrogen-bond donors (Lipinski definition) is 2. The Bertz CT molecular complexity index is 684. The van der Waals surface area contributed by atoms with Crippen molar-refractivity contribution in [1.82, 2.24) is 5.32 Å². The number of carboxylic acid groups (broad SMARTS) is 1. The Balaban J connectivity index is 1.82. The van der Waals surface area contributed by atoms with Gasteiger partial charge in [-0.15, -0.1) is 0 Å². The lowest BCUT2D eigenvalue weighted by atomic mass is 9.95. The monoisotopic (exact) mass is 409 g/mol. The molecule has 1 amide bonds. The van der Waals surface area contributed by atoms with E-state index in [1.807, 2.05) is 37.3 Å². The highest BCUT2D eigenvalue weighted by Gasteiger charge is 2.51. The predicted octanol–water partition coefficient (Wildman–Crippen LogP) is 1.23. The van der Waals surface area contributed by atoms with Gasteiger partial charge >= 0.3 is 5.97 Å². The van der Waals surface area contributed by atoms with E-state index in [1.54, 1.807) is 0 Å². The molecule has 0 saturated carbocycles. The van der Waals surface area contributed by atoms with Gasteiger partial charge in [0.1, 0.15) is 24.4 Å². The van der Waals surface area contributed by atoms with E-state index in [0.717, 1.165) is 5.56 Å². The summed E-state index contributed by atoms with van der Waals surface area (Å²) in [6.45, 7) is 3.80. The Morgan fingerprint density at radius 1 is 1.21 bits per heavy atom. The number of amides is 1. The van der Waals surface area contributed by atoms with Crippen LogP contribution in [0.25, 0.3) is 0 Å². The summed E-state index contributed by atoms with van der Waals surface area (Å²) in [4.78, 5) is 22.7. The minimum absolute atomic E-state index is 0.0294. The smallest absolute Gasteiger partial charge is 0.305 e. The standard InChI is InChI=1S/C20H27NO8/c1-3-25-20-16(21-12(2)22)18(26-10-9-15(23)24)17-14(28-20)11-27-19(29-17)13-7-5-4-6-8-13/h4-8,14,16-20H,3,9-11H2,1-2H3,(H,21,22)(H,23,24)/t14-,16+,17-,18-,19?,20+/m1/s1. The first-order chi connectivity index (χ1) is 14.0. The number of benzene rings is 1. The van der Waals surface area contributed by atoms with Crippen LogP contribution in [0.5, 0.6) is 0 Å². The molecule has 9 heteroatoms. The molecule has 9 nitrogen and oxygen atoms in total. The minimum Gasteiger partial charge on any atom is -0.481 e. The van der Waals surface area contributed by atoms with Crippen molar-refractivity contribution in [2.75, 3.05) is 19.8 Å². The zero-order valence-corrected chi connectivity index (χ0v) is 16.5. The van der Waals surface area contributed by atoms with Crippen molar-refractivity contribution in [1.29, 1.82) is 0 Å². The fourth-order valence-electron chi connectivity index (χ4n) is 3.53. The molecule has 0 spiro atoms. The van der Waals surface area contributed by atoms with Crippen molar-refractivity contribution < 1.29 is 38.4 Å². The Morgan fingerprint density at radius 2 is 1.97 bits per heavy atom. The maximum atomic E-state index is 11.8. The van der Waals surface area contributed by atoms with Gasteiger partial charge in [-0.25, -0.2) is 0 Å². The van der Waals surface area contributed by atoms with Gasteiger partial charge in [0, 0.05) is 19.1 Å². The molecule has 1 unspecified atom stereocenters. The molecule has 3 rings (SSSR count). The Hall–Kier alpha value is -2.04. The van der Waals surface area contributed by atoms with Crippen LogP contribution in [-0.2, 0) is 33.3 Å². The number of carboxylic acids is 1. The van der Waals surface area contributed by atoms with E-state index >= 15 is 0 Å². The number of hydrogen-bond acceptors (Lipinski definition) is 7. The van der Waals surface area contributed by atoms with Gasteiger partial charge in [-0.05, 0) is 6.92 Å². The lowest BCUT2D eigenvalue weighted by molar-refractivity contribution is -0.347. The van der Waals surface area contributed by atoms with Gasteiger partial charge in [0.25, 0.3) is 0 Å². The van der Waals surface area contributed by atoms with Crippen LogP contribution in [0.1, 0.15) is 32.1 Å². The number of aliphatic carboxylic acids is 1. The molecule has 0 aliphatic carbocycles. The second-order valence-electron chi connectivity index (χ2n) is 6.88. The second kappa shape index (κ2) is 10.1. The Labute approximate surface area is 169 Å². The largest absolute Gasteiger partial charge is 0.481 e. The molecule has 2 N–H and O–H groups in total. The van der Waals surface area contributed by atoms with Crippen LogP contribution in [0.3, 0.4) is 0 Å². The number of nitrogens with one attached hydrogen (secondary N) is 1. The van der Waals surface area contributed by atoms with Crippen molar-refractivity contribution in [3.05, 3.63) is 35.9 Å². The van der Waals surface area contributed by atoms with E-state index in [0.29, 0.717) is 6.61 Å². The van der Waals surface area contributed by atoms with E-state index in [4.69, 9.17) is 28.8 Å². The second-order valence-corrected chi connectivity index (χ2v) is 6.88. The topological polar surface area (TPSA) is 113 Å². The van der Waals surface area contributed by atoms with Gasteiger partial charge in [0.15, 0.2) is 12.6 Å². The summed E-state index contributed by atoms with van der Waals surface area (Å²) in [5.41, 5.74) is 0.846. The number of ether oxygens (including phenoxy) is 5. The van der Waals surface area contributed by atoms with E-state index in [9.17, 15) is 9.59 Å². The SMILES string of the molecule is CCO[C@H]1O[C@@H]2COC(c3ccccc3)O[C@H]2[C@H](OCCC(=O)O)[C@@H]1NC(C)=O. The van der Waals surface area contributed by atoms with Gasteiger partial charge in [0.05, 0.1) is 19.6 Å². The van der Waals surface area contributed by atoms with Crippen molar-refractivity contribution in [3.63, 3.8) is 0 Å². The van der Waals surface area contributed by atoms with E-state index < -0.39 is 42.9 Å². The lowest BCUT2D eigenvalue weighted by Gasteiger charge is -2.49. The molecule has 2 saturated heterocycles. The number of fused-ring (bicyclic) bond motifs is 1. The molecule has 1 aromatic rings. The molecule has 2 aliphatic rings. The molecule has 0 bridgehead atoms. The molecule has 6 atom stereocenters. The van der Waals surface area contributed by atoms with Gasteiger partial charge in [-0.2, -0.15) is 0 Å². The predicted molar refractivity (Wildman–Crippen MR) is 99.9 cm³/mol. The third-order valence-corrected chi connectivity index (χ3v) is 4.74. The lowest BCUT2D eigenvalue weighted by Crippen LogP contribution is -2.67. The highest BCUT2D eigenvalue weighted by molar-refractivity contribution is 5.73. The third kappa shape index (κ3) is 5.52. The van der Waals surface area contributed by atoms with Crippen LogP contribution in [0.15, 0.2) is 30.3 Å². The van der Waals surface area contributed by atoms with Crippen LogP contribution in [0.2, 0.25) is 0 Å². The fourth-order valence-corrected chi connectivity index (χ4v) is 3.53. The highest BCUT2D eigenvalue weighted by Crippen LogP contribution is 2.35. The molecule has 160 valence electrons. The molecule has 1 aromatic carbocycles. The molecule has 2 fully saturated rings. The Morgan fingerprint density at radius 3 is 2.62 bits per heavy atom. The molecule has 2 heterocycles. The molecule has 0 aromatic heterocycles. The molecule has 0 radical (unpaired) electrons. The average Bonchev–Trinajstić information content (AvgIpc) is 2.70. The van der Waals surface area contributed by atoms with Gasteiger partial charge in [-0.1, -0.05) is 30.3 Å². The summed E-state index contributed by atoms with van der Waals surface area (Å²) < 4.78 is 29.6. The van der Waals surface area contributed by atoms with Crippen molar-refractivity contribution >= 4 is 11.9 Å².